The maximum absolute atomic E-state index is 12.4. The highest BCUT2D eigenvalue weighted by Gasteiger charge is 2.36. The Morgan fingerprint density at radius 1 is 1.16 bits per heavy atom. The molecular weight excluding hydrogens is 420 g/mol. The zero-order valence-electron chi connectivity index (χ0n) is 16.8. The number of imide groups is 1. The second-order valence-corrected chi connectivity index (χ2v) is 7.31. The lowest BCUT2D eigenvalue weighted by Gasteiger charge is -2.12. The molecule has 1 saturated heterocycles. The number of ether oxygens (including phenoxy) is 3. The largest absolute Gasteiger partial charge is 0.493 e. The van der Waals surface area contributed by atoms with Gasteiger partial charge in [-0.25, -0.2) is 0 Å². The molecule has 0 N–H and O–H groups in total. The van der Waals surface area contributed by atoms with E-state index in [-0.39, 0.29) is 11.5 Å². The van der Waals surface area contributed by atoms with E-state index in [1.54, 1.807) is 36.4 Å². The number of benzene rings is 2. The van der Waals surface area contributed by atoms with Crippen molar-refractivity contribution in [1.82, 2.24) is 4.90 Å². The van der Waals surface area contributed by atoms with Gasteiger partial charge in [0.15, 0.2) is 11.5 Å². The number of carbonyl (C=O) groups excluding carboxylic acids is 3. The van der Waals surface area contributed by atoms with Crippen LogP contribution in [0.15, 0.2) is 47.4 Å². The number of thioether (sulfide) groups is 1. The van der Waals surface area contributed by atoms with Crippen LogP contribution in [0.5, 0.6) is 11.5 Å². The zero-order chi connectivity index (χ0) is 22.4. The number of hydrogen-bond donors (Lipinski definition) is 0. The lowest BCUT2D eigenvalue weighted by atomic mass is 10.1. The molecule has 0 unspecified atom stereocenters. The fraction of sp³-hybridized carbons (Fsp3) is 0.182. The molecule has 1 heterocycles. The van der Waals surface area contributed by atoms with E-state index >= 15 is 0 Å². The fourth-order valence-corrected chi connectivity index (χ4v) is 3.62. The van der Waals surface area contributed by atoms with Crippen LogP contribution in [0.3, 0.4) is 0 Å². The summed E-state index contributed by atoms with van der Waals surface area (Å²) in [5.41, 5.74) is 1.89. The van der Waals surface area contributed by atoms with Crippen molar-refractivity contribution in [3.8, 4) is 17.6 Å². The first-order chi connectivity index (χ1) is 15.0. The van der Waals surface area contributed by atoms with E-state index in [2.05, 4.69) is 10.8 Å². The molecule has 158 valence electrons. The Morgan fingerprint density at radius 2 is 1.94 bits per heavy atom. The van der Waals surface area contributed by atoms with E-state index in [9.17, 15) is 19.6 Å². The average molecular weight is 438 g/mol. The third kappa shape index (κ3) is 5.05. The van der Waals surface area contributed by atoms with E-state index < -0.39 is 23.7 Å². The number of esters is 1. The minimum Gasteiger partial charge on any atom is -0.493 e. The number of nitriles is 1. The smallest absolute Gasteiger partial charge is 0.325 e. The van der Waals surface area contributed by atoms with Gasteiger partial charge in [-0.05, 0) is 41.6 Å². The van der Waals surface area contributed by atoms with Gasteiger partial charge in [-0.3, -0.25) is 19.3 Å². The molecule has 0 aromatic heterocycles. The quantitative estimate of drug-likeness (QED) is 0.479. The Balaban J connectivity index is 1.77. The zero-order valence-corrected chi connectivity index (χ0v) is 17.6. The maximum Gasteiger partial charge on any atom is 0.325 e. The van der Waals surface area contributed by atoms with Crippen LogP contribution < -0.4 is 9.47 Å². The summed E-state index contributed by atoms with van der Waals surface area (Å²) in [7, 11) is 2.67. The van der Waals surface area contributed by atoms with Crippen molar-refractivity contribution in [1.29, 1.82) is 5.26 Å². The van der Waals surface area contributed by atoms with E-state index in [1.165, 1.54) is 14.2 Å². The molecule has 2 aromatic carbocycles. The Bertz CT molecular complexity index is 1110. The monoisotopic (exact) mass is 438 g/mol. The second kappa shape index (κ2) is 9.82. The number of amides is 2. The Hall–Kier alpha value is -3.77. The first kappa shape index (κ1) is 21.9. The molecule has 2 aromatic rings. The van der Waals surface area contributed by atoms with E-state index in [1.807, 2.05) is 12.1 Å². The summed E-state index contributed by atoms with van der Waals surface area (Å²) in [6, 6.07) is 14.3. The summed E-state index contributed by atoms with van der Waals surface area (Å²) in [6.45, 7) is -0.245. The van der Waals surface area contributed by atoms with Gasteiger partial charge in [-0.15, -0.1) is 0 Å². The average Bonchev–Trinajstić information content (AvgIpc) is 3.05. The van der Waals surface area contributed by atoms with Crippen molar-refractivity contribution in [2.75, 3.05) is 20.8 Å². The number of nitrogens with zero attached hydrogens (tertiary/aromatic N) is 2. The lowest BCUT2D eigenvalue weighted by Crippen LogP contribution is -2.34. The number of carbonyl (C=O) groups is 3. The fourth-order valence-electron chi connectivity index (χ4n) is 2.79. The highest BCUT2D eigenvalue weighted by Crippen LogP contribution is 2.34. The molecule has 0 radical (unpaired) electrons. The molecule has 0 saturated carbocycles. The van der Waals surface area contributed by atoms with Crippen LogP contribution in [0.2, 0.25) is 0 Å². The third-order valence-electron chi connectivity index (χ3n) is 4.39. The predicted octanol–water partition coefficient (Wildman–Crippen LogP) is 3.36. The van der Waals surface area contributed by atoms with Crippen molar-refractivity contribution < 1.29 is 28.6 Å². The topological polar surface area (TPSA) is 106 Å². The summed E-state index contributed by atoms with van der Waals surface area (Å²) < 4.78 is 15.7. The van der Waals surface area contributed by atoms with Gasteiger partial charge >= 0.3 is 5.97 Å². The Kier molecular flexibility index (Phi) is 6.95. The van der Waals surface area contributed by atoms with Crippen molar-refractivity contribution in [2.24, 2.45) is 0 Å². The van der Waals surface area contributed by atoms with Gasteiger partial charge in [-0.2, -0.15) is 5.26 Å². The van der Waals surface area contributed by atoms with Crippen LogP contribution in [0.4, 0.5) is 4.79 Å². The summed E-state index contributed by atoms with van der Waals surface area (Å²) >= 11 is 0.746. The third-order valence-corrected chi connectivity index (χ3v) is 5.30. The standard InChI is InChI=1S/C22H18N2O6S/c1-28-18-9-14(10-19-21(26)24(22(27)31-19)12-20(25)29-2)7-8-17(18)30-13-16-6-4-3-5-15(16)11-23/h3-10H,12-13H2,1-2H3/b19-10+. The summed E-state index contributed by atoms with van der Waals surface area (Å²) in [5.74, 6) is -0.347. The van der Waals surface area contributed by atoms with Gasteiger partial charge < -0.3 is 14.2 Å². The van der Waals surface area contributed by atoms with Crippen LogP contribution in [0.25, 0.3) is 6.08 Å². The molecule has 8 nitrogen and oxygen atoms in total. The van der Waals surface area contributed by atoms with Gasteiger partial charge in [0.2, 0.25) is 0 Å². The first-order valence-corrected chi connectivity index (χ1v) is 9.89. The van der Waals surface area contributed by atoms with Crippen LogP contribution in [-0.4, -0.2) is 42.8 Å². The van der Waals surface area contributed by atoms with Gasteiger partial charge in [0, 0.05) is 5.56 Å². The maximum atomic E-state index is 12.4. The van der Waals surface area contributed by atoms with Crippen LogP contribution in [0, 0.1) is 11.3 Å². The molecule has 0 atom stereocenters. The molecule has 9 heteroatoms. The Morgan fingerprint density at radius 3 is 2.65 bits per heavy atom. The van der Waals surface area contributed by atoms with Gasteiger partial charge in [0.05, 0.1) is 30.8 Å². The molecule has 1 fully saturated rings. The molecule has 3 rings (SSSR count). The first-order valence-electron chi connectivity index (χ1n) is 9.08. The van der Waals surface area contributed by atoms with Gasteiger partial charge in [0.1, 0.15) is 13.2 Å². The van der Waals surface area contributed by atoms with Crippen molar-refractivity contribution in [2.45, 2.75) is 6.61 Å². The van der Waals surface area contributed by atoms with Gasteiger partial charge in [-0.1, -0.05) is 24.3 Å². The van der Waals surface area contributed by atoms with Crippen molar-refractivity contribution >= 4 is 35.0 Å². The summed E-state index contributed by atoms with van der Waals surface area (Å²) in [4.78, 5) is 36.9. The number of rotatable bonds is 7. The highest BCUT2D eigenvalue weighted by molar-refractivity contribution is 8.18. The molecule has 1 aliphatic rings. The van der Waals surface area contributed by atoms with Crippen LogP contribution in [0.1, 0.15) is 16.7 Å². The van der Waals surface area contributed by atoms with Crippen LogP contribution in [-0.2, 0) is 20.9 Å². The number of methoxy groups -OCH3 is 2. The minimum absolute atomic E-state index is 0.186. The van der Waals surface area contributed by atoms with E-state index in [4.69, 9.17) is 9.47 Å². The second-order valence-electron chi connectivity index (χ2n) is 6.31. The van der Waals surface area contributed by atoms with E-state index in [0.717, 1.165) is 22.2 Å². The molecule has 0 spiro atoms. The molecular formula is C22H18N2O6S. The SMILES string of the molecule is COC(=O)CN1C(=O)S/C(=C/c2ccc(OCc3ccccc3C#N)c(OC)c2)C1=O. The Labute approximate surface area is 183 Å². The molecule has 1 aliphatic heterocycles. The normalized spacial score (nSPS) is 14.5. The molecule has 2 amide bonds. The summed E-state index contributed by atoms with van der Waals surface area (Å²) in [6.07, 6.45) is 1.54. The van der Waals surface area contributed by atoms with Crippen molar-refractivity contribution in [3.63, 3.8) is 0 Å². The van der Waals surface area contributed by atoms with Crippen LogP contribution >= 0.6 is 11.8 Å². The highest BCUT2D eigenvalue weighted by atomic mass is 32.2. The molecule has 0 bridgehead atoms. The molecule has 0 aliphatic carbocycles. The van der Waals surface area contributed by atoms with E-state index in [0.29, 0.717) is 22.6 Å². The number of hydrogen-bond acceptors (Lipinski definition) is 8. The predicted molar refractivity (Wildman–Crippen MR) is 113 cm³/mol. The minimum atomic E-state index is -0.676. The van der Waals surface area contributed by atoms with Crippen molar-refractivity contribution in [3.05, 3.63) is 64.1 Å². The lowest BCUT2D eigenvalue weighted by molar-refractivity contribution is -0.143. The summed E-state index contributed by atoms with van der Waals surface area (Å²) in [5, 5.41) is 8.65. The van der Waals surface area contributed by atoms with Gasteiger partial charge in [0.25, 0.3) is 11.1 Å². The molecule has 31 heavy (non-hydrogen) atoms.